The molecular formula is C21H15N3O. The third-order valence-corrected chi connectivity index (χ3v) is 3.95. The van der Waals surface area contributed by atoms with Crippen LogP contribution in [-0.4, -0.2) is 20.8 Å². The second-order valence-corrected chi connectivity index (χ2v) is 5.63. The Hall–Kier alpha value is -3.53. The third kappa shape index (κ3) is 2.97. The molecule has 0 radical (unpaired) electrons. The fraction of sp³-hybridized carbons (Fsp3) is 0. The SMILES string of the molecule is O=C(C(=Cc1ccccc1)n1nnc2ccccc21)c1ccccc1. The van der Waals surface area contributed by atoms with Gasteiger partial charge in [-0.05, 0) is 23.8 Å². The molecule has 4 heteroatoms. The first-order valence-electron chi connectivity index (χ1n) is 8.00. The molecule has 4 aromatic rings. The van der Waals surface area contributed by atoms with Crippen molar-refractivity contribution in [3.63, 3.8) is 0 Å². The molecule has 120 valence electrons. The zero-order valence-corrected chi connectivity index (χ0v) is 13.4. The third-order valence-electron chi connectivity index (χ3n) is 3.95. The van der Waals surface area contributed by atoms with Crippen molar-refractivity contribution in [2.45, 2.75) is 0 Å². The molecule has 4 nitrogen and oxygen atoms in total. The Balaban J connectivity index is 1.90. The highest BCUT2D eigenvalue weighted by Gasteiger charge is 2.18. The maximum absolute atomic E-state index is 13.1. The van der Waals surface area contributed by atoms with E-state index in [1.165, 1.54) is 0 Å². The van der Waals surface area contributed by atoms with Crippen LogP contribution in [0.25, 0.3) is 22.8 Å². The van der Waals surface area contributed by atoms with Crippen LogP contribution >= 0.6 is 0 Å². The molecule has 0 atom stereocenters. The van der Waals surface area contributed by atoms with E-state index in [2.05, 4.69) is 10.3 Å². The highest BCUT2D eigenvalue weighted by molar-refractivity contribution is 6.28. The number of hydrogen-bond acceptors (Lipinski definition) is 3. The summed E-state index contributed by atoms with van der Waals surface area (Å²) in [5.41, 5.74) is 3.56. The van der Waals surface area contributed by atoms with Crippen LogP contribution in [0.2, 0.25) is 0 Å². The number of allylic oxidation sites excluding steroid dienone is 1. The van der Waals surface area contributed by atoms with Crippen LogP contribution in [0, 0.1) is 0 Å². The Morgan fingerprint density at radius 3 is 2.20 bits per heavy atom. The van der Waals surface area contributed by atoms with Gasteiger partial charge >= 0.3 is 0 Å². The fourth-order valence-corrected chi connectivity index (χ4v) is 2.71. The summed E-state index contributed by atoms with van der Waals surface area (Å²) >= 11 is 0. The molecule has 4 rings (SSSR count). The van der Waals surface area contributed by atoms with Crippen molar-refractivity contribution < 1.29 is 4.79 Å². The summed E-state index contributed by atoms with van der Waals surface area (Å²) in [4.78, 5) is 13.1. The second-order valence-electron chi connectivity index (χ2n) is 5.63. The summed E-state index contributed by atoms with van der Waals surface area (Å²) in [6, 6.07) is 26.6. The van der Waals surface area contributed by atoms with Crippen molar-refractivity contribution in [3.05, 3.63) is 96.1 Å². The molecule has 0 bridgehead atoms. The van der Waals surface area contributed by atoms with E-state index in [9.17, 15) is 4.79 Å². The quantitative estimate of drug-likeness (QED) is 0.415. The van der Waals surface area contributed by atoms with Crippen LogP contribution in [-0.2, 0) is 0 Å². The molecule has 0 aliphatic heterocycles. The molecule has 0 amide bonds. The Morgan fingerprint density at radius 1 is 0.800 bits per heavy atom. The van der Waals surface area contributed by atoms with Gasteiger partial charge < -0.3 is 0 Å². The molecule has 0 unspecified atom stereocenters. The number of carbonyl (C=O) groups excluding carboxylic acids is 1. The number of Topliss-reactive ketones (excluding diaryl/α,β-unsaturated/α-hetero) is 1. The summed E-state index contributed by atoms with van der Waals surface area (Å²) in [6.45, 7) is 0. The predicted octanol–water partition coefficient (Wildman–Crippen LogP) is 4.31. The molecule has 0 saturated heterocycles. The lowest BCUT2D eigenvalue weighted by atomic mass is 10.1. The highest BCUT2D eigenvalue weighted by atomic mass is 16.1. The lowest BCUT2D eigenvalue weighted by Gasteiger charge is -2.08. The Morgan fingerprint density at radius 2 is 1.44 bits per heavy atom. The van der Waals surface area contributed by atoms with Crippen LogP contribution < -0.4 is 0 Å². The van der Waals surface area contributed by atoms with Crippen molar-refractivity contribution in [2.75, 3.05) is 0 Å². The number of hydrogen-bond donors (Lipinski definition) is 0. The molecule has 25 heavy (non-hydrogen) atoms. The van der Waals surface area contributed by atoms with E-state index in [0.717, 1.165) is 16.6 Å². The summed E-state index contributed by atoms with van der Waals surface area (Å²) in [6.07, 6.45) is 1.84. The average molecular weight is 325 g/mol. The minimum absolute atomic E-state index is 0.0971. The molecule has 0 N–H and O–H groups in total. The van der Waals surface area contributed by atoms with Gasteiger partial charge in [-0.2, -0.15) is 0 Å². The number of aromatic nitrogens is 3. The number of para-hydroxylation sites is 1. The first-order valence-corrected chi connectivity index (χ1v) is 8.00. The number of nitrogens with zero attached hydrogens (tertiary/aromatic N) is 3. The smallest absolute Gasteiger partial charge is 0.211 e. The van der Waals surface area contributed by atoms with Crippen LogP contribution in [0.3, 0.4) is 0 Å². The van der Waals surface area contributed by atoms with Crippen molar-refractivity contribution in [2.24, 2.45) is 0 Å². The molecule has 0 spiro atoms. The highest BCUT2D eigenvalue weighted by Crippen LogP contribution is 2.21. The van der Waals surface area contributed by atoms with E-state index >= 15 is 0 Å². The number of benzene rings is 3. The van der Waals surface area contributed by atoms with E-state index in [4.69, 9.17) is 0 Å². The van der Waals surface area contributed by atoms with Crippen molar-refractivity contribution in [1.29, 1.82) is 0 Å². The van der Waals surface area contributed by atoms with Crippen LogP contribution in [0.5, 0.6) is 0 Å². The van der Waals surface area contributed by atoms with E-state index in [1.807, 2.05) is 78.9 Å². The van der Waals surface area contributed by atoms with Gasteiger partial charge in [-0.1, -0.05) is 78.0 Å². The van der Waals surface area contributed by atoms with Gasteiger partial charge in [0.2, 0.25) is 5.78 Å². The first-order chi connectivity index (χ1) is 12.3. The molecular weight excluding hydrogens is 310 g/mol. The van der Waals surface area contributed by atoms with E-state index < -0.39 is 0 Å². The van der Waals surface area contributed by atoms with Gasteiger partial charge in [0, 0.05) is 5.56 Å². The zero-order chi connectivity index (χ0) is 17.1. The Labute approximate surface area is 145 Å². The maximum Gasteiger partial charge on any atom is 0.211 e. The summed E-state index contributed by atoms with van der Waals surface area (Å²) in [5, 5.41) is 8.39. The largest absolute Gasteiger partial charge is 0.287 e. The predicted molar refractivity (Wildman–Crippen MR) is 98.9 cm³/mol. The van der Waals surface area contributed by atoms with Crippen molar-refractivity contribution in [3.8, 4) is 0 Å². The van der Waals surface area contributed by atoms with Crippen LogP contribution in [0.15, 0.2) is 84.9 Å². The lowest BCUT2D eigenvalue weighted by molar-refractivity contribution is 0.105. The molecule has 0 saturated carbocycles. The number of rotatable bonds is 4. The topological polar surface area (TPSA) is 47.8 Å². The van der Waals surface area contributed by atoms with Gasteiger partial charge in [-0.25, -0.2) is 4.68 Å². The Bertz CT molecular complexity index is 1050. The van der Waals surface area contributed by atoms with Gasteiger partial charge in [0.1, 0.15) is 11.2 Å². The van der Waals surface area contributed by atoms with Gasteiger partial charge in [0.05, 0.1) is 5.52 Å². The molecule has 1 heterocycles. The molecule has 1 aromatic heterocycles. The lowest BCUT2D eigenvalue weighted by Crippen LogP contribution is -2.11. The van der Waals surface area contributed by atoms with Crippen molar-refractivity contribution in [1.82, 2.24) is 15.0 Å². The van der Waals surface area contributed by atoms with Crippen molar-refractivity contribution >= 4 is 28.6 Å². The molecule has 0 aliphatic carbocycles. The number of ketones is 1. The van der Waals surface area contributed by atoms with Crippen LogP contribution in [0.4, 0.5) is 0 Å². The Kier molecular flexibility index (Phi) is 3.92. The molecule has 0 fully saturated rings. The van der Waals surface area contributed by atoms with Crippen LogP contribution in [0.1, 0.15) is 15.9 Å². The van der Waals surface area contributed by atoms with Gasteiger partial charge in [-0.15, -0.1) is 5.10 Å². The van der Waals surface area contributed by atoms with E-state index in [-0.39, 0.29) is 5.78 Å². The normalized spacial score (nSPS) is 11.6. The minimum Gasteiger partial charge on any atom is -0.287 e. The fourth-order valence-electron chi connectivity index (χ4n) is 2.71. The number of carbonyl (C=O) groups is 1. The van der Waals surface area contributed by atoms with E-state index in [0.29, 0.717) is 11.3 Å². The van der Waals surface area contributed by atoms with Gasteiger partial charge in [0.25, 0.3) is 0 Å². The average Bonchev–Trinajstić information content (AvgIpc) is 3.11. The zero-order valence-electron chi connectivity index (χ0n) is 13.4. The van der Waals surface area contributed by atoms with Gasteiger partial charge in [0.15, 0.2) is 0 Å². The minimum atomic E-state index is -0.0971. The number of fused-ring (bicyclic) bond motifs is 1. The molecule has 0 aliphatic rings. The summed E-state index contributed by atoms with van der Waals surface area (Å²) in [7, 11) is 0. The van der Waals surface area contributed by atoms with E-state index in [1.54, 1.807) is 16.8 Å². The molecule has 3 aromatic carbocycles. The monoisotopic (exact) mass is 325 g/mol. The summed E-state index contributed by atoms with van der Waals surface area (Å²) in [5.74, 6) is -0.0971. The summed E-state index contributed by atoms with van der Waals surface area (Å²) < 4.78 is 1.61. The maximum atomic E-state index is 13.1. The first kappa shape index (κ1) is 15.0. The second kappa shape index (κ2) is 6.53. The van der Waals surface area contributed by atoms with Gasteiger partial charge in [-0.3, -0.25) is 4.79 Å². The standard InChI is InChI=1S/C21H15N3O/c25-21(17-11-5-2-6-12-17)20(15-16-9-3-1-4-10-16)24-19-14-8-7-13-18(19)22-23-24/h1-15H.